The van der Waals surface area contributed by atoms with Crippen molar-refractivity contribution in [3.63, 3.8) is 0 Å². The largest absolute Gasteiger partial charge is 0.368 e. The highest BCUT2D eigenvalue weighted by molar-refractivity contribution is 6.38. The van der Waals surface area contributed by atoms with E-state index in [4.69, 9.17) is 11.5 Å². The standard InChI is InChI=1S/C35H46N6O6/c1-2-12-26(31(43)34(46)38-20-28(42)40-30(32(37)44)24-17-10-5-11-18-24)39-33(45)27-19-25(22-13-6-3-7-14-22)21-41(27)35(47)29(36)23-15-8-4-9-16-23/h3,5-7,10-11,13-14,17-18,23,25-27,29-30H,2,4,8-9,12,15-16,19-21,36H2,1H3,(H2,37,44)(H,38,46)(H,39,45)(H,40,42)/t25-,26?,27?,29+,30+/m1/s1. The van der Waals surface area contributed by atoms with E-state index in [1.807, 2.05) is 37.3 Å². The van der Waals surface area contributed by atoms with E-state index in [1.54, 1.807) is 35.2 Å². The number of likely N-dealkylation sites (tertiary alicyclic amines) is 1. The maximum Gasteiger partial charge on any atom is 0.290 e. The molecule has 1 aliphatic heterocycles. The Balaban J connectivity index is 1.41. The van der Waals surface area contributed by atoms with Gasteiger partial charge in [-0.1, -0.05) is 93.3 Å². The number of nitrogens with one attached hydrogen (secondary N) is 3. The van der Waals surface area contributed by atoms with Gasteiger partial charge in [0.25, 0.3) is 5.91 Å². The SMILES string of the molecule is CCCC(NC(=O)C1C[C@@H](c2ccccc2)CN1C(=O)[C@@H](N)C1CCCCC1)C(=O)C(=O)NCC(=O)N[C@H](C(N)=O)c1ccccc1. The van der Waals surface area contributed by atoms with E-state index in [0.717, 1.165) is 37.7 Å². The van der Waals surface area contributed by atoms with Crippen LogP contribution in [0.5, 0.6) is 0 Å². The molecule has 0 aromatic heterocycles. The first-order chi connectivity index (χ1) is 22.6. The van der Waals surface area contributed by atoms with Crippen LogP contribution in [0, 0.1) is 5.92 Å². The molecule has 4 rings (SSSR count). The van der Waals surface area contributed by atoms with Gasteiger partial charge in [0.1, 0.15) is 12.1 Å². The summed E-state index contributed by atoms with van der Waals surface area (Å²) >= 11 is 0. The molecule has 0 spiro atoms. The van der Waals surface area contributed by atoms with Crippen LogP contribution in [0.2, 0.25) is 0 Å². The molecule has 12 nitrogen and oxygen atoms in total. The quantitative estimate of drug-likeness (QED) is 0.192. The smallest absolute Gasteiger partial charge is 0.290 e. The van der Waals surface area contributed by atoms with Gasteiger partial charge in [0.15, 0.2) is 0 Å². The average Bonchev–Trinajstić information content (AvgIpc) is 3.55. The van der Waals surface area contributed by atoms with Gasteiger partial charge < -0.3 is 32.3 Å². The fourth-order valence-electron chi connectivity index (χ4n) is 6.59. The molecule has 2 fully saturated rings. The Labute approximate surface area is 275 Å². The number of hydrogen-bond acceptors (Lipinski definition) is 7. The molecule has 7 N–H and O–H groups in total. The topological polar surface area (TPSA) is 194 Å². The van der Waals surface area contributed by atoms with Crippen LogP contribution in [0.1, 0.15) is 81.4 Å². The molecule has 12 heteroatoms. The van der Waals surface area contributed by atoms with Crippen LogP contribution < -0.4 is 27.4 Å². The summed E-state index contributed by atoms with van der Waals surface area (Å²) in [6.07, 6.45) is 5.90. The fraction of sp³-hybridized carbons (Fsp3) is 0.486. The van der Waals surface area contributed by atoms with Crippen LogP contribution in [-0.4, -0.2) is 71.4 Å². The first-order valence-corrected chi connectivity index (χ1v) is 16.5. The number of nitrogens with zero attached hydrogens (tertiary/aromatic N) is 1. The summed E-state index contributed by atoms with van der Waals surface area (Å²) in [5.41, 5.74) is 13.4. The fourth-order valence-corrected chi connectivity index (χ4v) is 6.59. The van der Waals surface area contributed by atoms with Crippen molar-refractivity contribution in [2.75, 3.05) is 13.1 Å². The van der Waals surface area contributed by atoms with Crippen molar-refractivity contribution in [1.29, 1.82) is 0 Å². The molecule has 2 aromatic rings. The van der Waals surface area contributed by atoms with Crippen molar-refractivity contribution in [2.45, 2.75) is 88.4 Å². The van der Waals surface area contributed by atoms with E-state index in [9.17, 15) is 28.8 Å². The Morgan fingerprint density at radius 1 is 0.894 bits per heavy atom. The summed E-state index contributed by atoms with van der Waals surface area (Å²) in [6, 6.07) is 14.1. The third-order valence-corrected chi connectivity index (χ3v) is 9.17. The first kappa shape index (κ1) is 35.3. The van der Waals surface area contributed by atoms with Gasteiger partial charge in [0.2, 0.25) is 29.4 Å². The molecule has 0 bridgehead atoms. The highest BCUT2D eigenvalue weighted by Crippen LogP contribution is 2.34. The van der Waals surface area contributed by atoms with Crippen molar-refractivity contribution in [2.24, 2.45) is 17.4 Å². The van der Waals surface area contributed by atoms with Crippen LogP contribution in [-0.2, 0) is 28.8 Å². The highest BCUT2D eigenvalue weighted by atomic mass is 16.2. The highest BCUT2D eigenvalue weighted by Gasteiger charge is 2.44. The molecule has 5 amide bonds. The Kier molecular flexibility index (Phi) is 12.6. The lowest BCUT2D eigenvalue weighted by atomic mass is 9.83. The Morgan fingerprint density at radius 3 is 2.15 bits per heavy atom. The molecule has 1 heterocycles. The molecule has 0 radical (unpaired) electrons. The van der Waals surface area contributed by atoms with Crippen molar-refractivity contribution >= 4 is 35.3 Å². The number of hydrogen-bond donors (Lipinski definition) is 5. The Morgan fingerprint density at radius 2 is 1.53 bits per heavy atom. The Bertz CT molecular complexity index is 1410. The second-order valence-electron chi connectivity index (χ2n) is 12.5. The number of carbonyl (C=O) groups excluding carboxylic acids is 6. The minimum atomic E-state index is -1.17. The van der Waals surface area contributed by atoms with Crippen LogP contribution in [0.4, 0.5) is 0 Å². The van der Waals surface area contributed by atoms with Crippen LogP contribution >= 0.6 is 0 Å². The molecular weight excluding hydrogens is 600 g/mol. The van der Waals surface area contributed by atoms with Crippen LogP contribution in [0.3, 0.4) is 0 Å². The normalized spacial score (nSPS) is 20.0. The number of carbonyl (C=O) groups is 6. The van der Waals surface area contributed by atoms with Gasteiger partial charge in [0.05, 0.1) is 18.6 Å². The van der Waals surface area contributed by atoms with Gasteiger partial charge in [-0.15, -0.1) is 0 Å². The molecule has 47 heavy (non-hydrogen) atoms. The zero-order valence-electron chi connectivity index (χ0n) is 26.9. The lowest BCUT2D eigenvalue weighted by molar-refractivity contribution is -0.143. The summed E-state index contributed by atoms with van der Waals surface area (Å²) in [7, 11) is 0. The molecular formula is C35H46N6O6. The summed E-state index contributed by atoms with van der Waals surface area (Å²) in [4.78, 5) is 79.7. The molecule has 1 saturated heterocycles. The van der Waals surface area contributed by atoms with E-state index in [0.29, 0.717) is 24.9 Å². The van der Waals surface area contributed by atoms with E-state index in [-0.39, 0.29) is 24.2 Å². The summed E-state index contributed by atoms with van der Waals surface area (Å²) in [6.45, 7) is 1.54. The number of ketones is 1. The lowest BCUT2D eigenvalue weighted by Gasteiger charge is -2.32. The number of benzene rings is 2. The van der Waals surface area contributed by atoms with Crippen molar-refractivity contribution in [3.8, 4) is 0 Å². The van der Waals surface area contributed by atoms with Crippen molar-refractivity contribution < 1.29 is 28.8 Å². The van der Waals surface area contributed by atoms with Crippen molar-refractivity contribution in [3.05, 3.63) is 71.8 Å². The molecule has 252 valence electrons. The minimum Gasteiger partial charge on any atom is -0.368 e. The number of rotatable bonds is 14. The monoisotopic (exact) mass is 646 g/mol. The van der Waals surface area contributed by atoms with Crippen LogP contribution in [0.25, 0.3) is 0 Å². The second-order valence-corrected chi connectivity index (χ2v) is 12.5. The van der Waals surface area contributed by atoms with E-state index < -0.39 is 60.1 Å². The Hall–Kier alpha value is -4.58. The van der Waals surface area contributed by atoms with Crippen molar-refractivity contribution in [1.82, 2.24) is 20.9 Å². The zero-order chi connectivity index (χ0) is 33.9. The van der Waals surface area contributed by atoms with Crippen LogP contribution in [0.15, 0.2) is 60.7 Å². The third kappa shape index (κ3) is 9.25. The van der Waals surface area contributed by atoms with Gasteiger partial charge in [-0.2, -0.15) is 0 Å². The maximum atomic E-state index is 13.8. The minimum absolute atomic E-state index is 0.0528. The van der Waals surface area contributed by atoms with E-state index in [1.165, 1.54) is 0 Å². The summed E-state index contributed by atoms with van der Waals surface area (Å²) in [5.74, 6) is -4.34. The zero-order valence-corrected chi connectivity index (χ0v) is 26.9. The van der Waals surface area contributed by atoms with Gasteiger partial charge in [-0.3, -0.25) is 28.8 Å². The van der Waals surface area contributed by atoms with E-state index >= 15 is 0 Å². The predicted octanol–water partition coefficient (Wildman–Crippen LogP) is 1.59. The molecule has 5 atom stereocenters. The summed E-state index contributed by atoms with van der Waals surface area (Å²) < 4.78 is 0. The number of primary amides is 1. The lowest BCUT2D eigenvalue weighted by Crippen LogP contribution is -2.56. The average molecular weight is 647 g/mol. The predicted molar refractivity (Wildman–Crippen MR) is 175 cm³/mol. The second kappa shape index (κ2) is 16.8. The van der Waals surface area contributed by atoms with Gasteiger partial charge in [-0.25, -0.2) is 0 Å². The van der Waals surface area contributed by atoms with Gasteiger partial charge in [-0.05, 0) is 42.7 Å². The molecule has 2 aromatic carbocycles. The maximum absolute atomic E-state index is 13.8. The van der Waals surface area contributed by atoms with Gasteiger partial charge in [0, 0.05) is 12.5 Å². The number of nitrogens with two attached hydrogens (primary N) is 2. The first-order valence-electron chi connectivity index (χ1n) is 16.5. The van der Waals surface area contributed by atoms with Gasteiger partial charge >= 0.3 is 0 Å². The number of amides is 5. The van der Waals surface area contributed by atoms with E-state index in [2.05, 4.69) is 16.0 Å². The molecule has 1 aliphatic carbocycles. The molecule has 1 saturated carbocycles. The molecule has 2 aliphatic rings. The summed E-state index contributed by atoms with van der Waals surface area (Å²) in [5, 5.41) is 7.47. The number of Topliss-reactive ketones (excluding diaryl/α,β-unsaturated/α-hetero) is 1. The molecule has 2 unspecified atom stereocenters. The third-order valence-electron chi connectivity index (χ3n) is 9.17.